The van der Waals surface area contributed by atoms with E-state index < -0.39 is 0 Å². The van der Waals surface area contributed by atoms with E-state index >= 15 is 0 Å². The topological polar surface area (TPSA) is 59.0 Å². The van der Waals surface area contributed by atoms with Crippen LogP contribution in [0.4, 0.5) is 0 Å². The van der Waals surface area contributed by atoms with E-state index in [1.54, 1.807) is 17.0 Å². The van der Waals surface area contributed by atoms with Crippen LogP contribution in [0, 0.1) is 0 Å². The first-order chi connectivity index (χ1) is 9.65. The minimum Gasteiger partial charge on any atom is -0.493 e. The van der Waals surface area contributed by atoms with Gasteiger partial charge in [-0.2, -0.15) is 0 Å². The third kappa shape index (κ3) is 3.35. The van der Waals surface area contributed by atoms with Crippen molar-refractivity contribution in [2.45, 2.75) is 19.4 Å². The first kappa shape index (κ1) is 14.9. The summed E-state index contributed by atoms with van der Waals surface area (Å²) < 4.78 is 10.7. The van der Waals surface area contributed by atoms with E-state index in [-0.39, 0.29) is 19.1 Å². The van der Waals surface area contributed by atoms with Crippen molar-refractivity contribution < 1.29 is 19.4 Å². The number of aliphatic hydroxyl groups is 1. The van der Waals surface area contributed by atoms with E-state index in [9.17, 15) is 4.79 Å². The van der Waals surface area contributed by atoms with Gasteiger partial charge in [-0.15, -0.1) is 0 Å². The van der Waals surface area contributed by atoms with Gasteiger partial charge in [0.1, 0.15) is 0 Å². The maximum atomic E-state index is 11.9. The summed E-state index contributed by atoms with van der Waals surface area (Å²) in [5, 5.41) is 9.44. The van der Waals surface area contributed by atoms with Crippen molar-refractivity contribution >= 4 is 17.5 Å². The fourth-order valence-electron chi connectivity index (χ4n) is 2.20. The second-order valence-electron chi connectivity index (χ2n) is 4.64. The van der Waals surface area contributed by atoms with Crippen molar-refractivity contribution in [2.75, 3.05) is 26.8 Å². The number of aliphatic hydroxyl groups excluding tert-OH is 1. The third-order valence-electron chi connectivity index (χ3n) is 3.27. The fraction of sp³-hybridized carbons (Fsp3) is 0.500. The maximum Gasteiger partial charge on any atom is 0.260 e. The molecule has 1 saturated heterocycles. The summed E-state index contributed by atoms with van der Waals surface area (Å²) in [6, 6.07) is 3.24. The number of carbonyl (C=O) groups excluding carboxylic acids is 1. The van der Waals surface area contributed by atoms with Crippen molar-refractivity contribution in [3.8, 4) is 11.5 Å². The molecule has 1 aromatic carbocycles. The summed E-state index contributed by atoms with van der Waals surface area (Å²) in [6.45, 7) is 1.38. The molecule has 1 heterocycles. The SMILES string of the molecule is COc1cc(CO)cc(Cl)c1OCC(=O)N1CCCC1. The molecule has 0 unspecified atom stereocenters. The molecule has 0 saturated carbocycles. The molecule has 6 heteroatoms. The number of benzene rings is 1. The summed E-state index contributed by atoms with van der Waals surface area (Å²) in [5.74, 6) is 0.696. The number of methoxy groups -OCH3 is 1. The summed E-state index contributed by atoms with van der Waals surface area (Å²) in [6.07, 6.45) is 2.09. The molecule has 5 nitrogen and oxygen atoms in total. The number of nitrogens with zero attached hydrogens (tertiary/aromatic N) is 1. The van der Waals surface area contributed by atoms with Crippen molar-refractivity contribution in [3.63, 3.8) is 0 Å². The van der Waals surface area contributed by atoms with Crippen molar-refractivity contribution in [2.24, 2.45) is 0 Å². The Balaban J connectivity index is 2.06. The van der Waals surface area contributed by atoms with Gasteiger partial charge in [-0.1, -0.05) is 11.6 Å². The predicted molar refractivity (Wildman–Crippen MR) is 75.2 cm³/mol. The zero-order chi connectivity index (χ0) is 14.5. The Bertz CT molecular complexity index is 486. The number of halogens is 1. The van der Waals surface area contributed by atoms with E-state index in [2.05, 4.69) is 0 Å². The summed E-state index contributed by atoms with van der Waals surface area (Å²) in [7, 11) is 1.49. The lowest BCUT2D eigenvalue weighted by atomic mass is 10.2. The number of rotatable bonds is 5. The first-order valence-corrected chi connectivity index (χ1v) is 6.91. The number of likely N-dealkylation sites (tertiary alicyclic amines) is 1. The van der Waals surface area contributed by atoms with E-state index in [1.165, 1.54) is 7.11 Å². The Morgan fingerprint density at radius 2 is 2.10 bits per heavy atom. The van der Waals surface area contributed by atoms with Crippen LogP contribution in [0.2, 0.25) is 5.02 Å². The predicted octanol–water partition coefficient (Wildman–Crippen LogP) is 1.84. The molecule has 1 aromatic rings. The van der Waals surface area contributed by atoms with Crippen LogP contribution in [0.25, 0.3) is 0 Å². The highest BCUT2D eigenvalue weighted by Gasteiger charge is 2.20. The van der Waals surface area contributed by atoms with Crippen LogP contribution in [0.3, 0.4) is 0 Å². The molecule has 0 radical (unpaired) electrons. The third-order valence-corrected chi connectivity index (χ3v) is 3.55. The molecule has 0 bridgehead atoms. The van der Waals surface area contributed by atoms with Crippen LogP contribution in [0.5, 0.6) is 11.5 Å². The van der Waals surface area contributed by atoms with Gasteiger partial charge in [-0.3, -0.25) is 4.79 Å². The lowest BCUT2D eigenvalue weighted by molar-refractivity contribution is -0.132. The average Bonchev–Trinajstić information content (AvgIpc) is 2.99. The van der Waals surface area contributed by atoms with Crippen LogP contribution in [-0.2, 0) is 11.4 Å². The van der Waals surface area contributed by atoms with E-state index in [0.717, 1.165) is 25.9 Å². The molecular weight excluding hydrogens is 282 g/mol. The zero-order valence-corrected chi connectivity index (χ0v) is 12.2. The maximum absolute atomic E-state index is 11.9. The van der Waals surface area contributed by atoms with Crippen LogP contribution >= 0.6 is 11.6 Å². The highest BCUT2D eigenvalue weighted by atomic mass is 35.5. The second kappa shape index (κ2) is 6.81. The van der Waals surface area contributed by atoms with E-state index in [4.69, 9.17) is 26.2 Å². The molecule has 110 valence electrons. The van der Waals surface area contributed by atoms with Gasteiger partial charge in [0.25, 0.3) is 5.91 Å². The highest BCUT2D eigenvalue weighted by Crippen LogP contribution is 2.36. The Hall–Kier alpha value is -1.46. The van der Waals surface area contributed by atoms with Gasteiger partial charge in [0.05, 0.1) is 18.7 Å². The highest BCUT2D eigenvalue weighted by molar-refractivity contribution is 6.32. The van der Waals surface area contributed by atoms with Gasteiger partial charge < -0.3 is 19.5 Å². The Kier molecular flexibility index (Phi) is 5.09. The Morgan fingerprint density at radius 3 is 2.70 bits per heavy atom. The van der Waals surface area contributed by atoms with Crippen molar-refractivity contribution in [1.29, 1.82) is 0 Å². The van der Waals surface area contributed by atoms with Gasteiger partial charge in [0, 0.05) is 13.1 Å². The second-order valence-corrected chi connectivity index (χ2v) is 5.05. The molecule has 0 aromatic heterocycles. The number of carbonyl (C=O) groups is 1. The van der Waals surface area contributed by atoms with Crippen LogP contribution in [0.1, 0.15) is 18.4 Å². The minimum atomic E-state index is -0.136. The first-order valence-electron chi connectivity index (χ1n) is 6.53. The molecule has 1 amide bonds. The van der Waals surface area contributed by atoms with Crippen molar-refractivity contribution in [1.82, 2.24) is 4.90 Å². The Morgan fingerprint density at radius 1 is 1.40 bits per heavy atom. The molecular formula is C14H18ClNO4. The smallest absolute Gasteiger partial charge is 0.260 e. The average molecular weight is 300 g/mol. The molecule has 20 heavy (non-hydrogen) atoms. The Labute approximate surface area is 123 Å². The zero-order valence-electron chi connectivity index (χ0n) is 11.4. The lowest BCUT2D eigenvalue weighted by Gasteiger charge is -2.17. The van der Waals surface area contributed by atoms with Gasteiger partial charge in [-0.25, -0.2) is 0 Å². The normalized spacial score (nSPS) is 14.4. The van der Waals surface area contributed by atoms with E-state index in [1.807, 2.05) is 0 Å². The van der Waals surface area contributed by atoms with Crippen LogP contribution in [0.15, 0.2) is 12.1 Å². The minimum absolute atomic E-state index is 0.0492. The van der Waals surface area contributed by atoms with Gasteiger partial charge in [-0.05, 0) is 30.5 Å². The van der Waals surface area contributed by atoms with Gasteiger partial charge in [0.15, 0.2) is 18.1 Å². The van der Waals surface area contributed by atoms with Crippen LogP contribution in [-0.4, -0.2) is 42.7 Å². The monoisotopic (exact) mass is 299 g/mol. The number of ether oxygens (including phenoxy) is 2. The molecule has 2 rings (SSSR count). The van der Waals surface area contributed by atoms with Crippen molar-refractivity contribution in [3.05, 3.63) is 22.7 Å². The van der Waals surface area contributed by atoms with Gasteiger partial charge >= 0.3 is 0 Å². The molecule has 0 atom stereocenters. The number of hydrogen-bond acceptors (Lipinski definition) is 4. The molecule has 0 spiro atoms. The summed E-state index contributed by atoms with van der Waals surface area (Å²) >= 11 is 6.09. The fourth-order valence-corrected chi connectivity index (χ4v) is 2.48. The molecule has 1 N–H and O–H groups in total. The van der Waals surface area contributed by atoms with E-state index in [0.29, 0.717) is 22.1 Å². The summed E-state index contributed by atoms with van der Waals surface area (Å²) in [5.41, 5.74) is 0.630. The number of hydrogen-bond donors (Lipinski definition) is 1. The van der Waals surface area contributed by atoms with Gasteiger partial charge in [0.2, 0.25) is 0 Å². The standard InChI is InChI=1S/C14H18ClNO4/c1-19-12-7-10(8-17)6-11(15)14(12)20-9-13(18)16-4-2-3-5-16/h6-7,17H,2-5,8-9H2,1H3. The molecule has 1 aliphatic rings. The molecule has 0 aliphatic carbocycles. The van der Waals surface area contributed by atoms with Crippen LogP contribution < -0.4 is 9.47 Å². The molecule has 1 fully saturated rings. The number of amides is 1. The molecule has 1 aliphatic heterocycles. The quantitative estimate of drug-likeness (QED) is 0.901. The largest absolute Gasteiger partial charge is 0.493 e. The lowest BCUT2D eigenvalue weighted by Crippen LogP contribution is -2.32. The summed E-state index contributed by atoms with van der Waals surface area (Å²) in [4.78, 5) is 13.7.